The average Bonchev–Trinajstić information content (AvgIpc) is 2.56. The molecule has 1 aliphatic heterocycles. The second kappa shape index (κ2) is 7.52. The van der Waals surface area contributed by atoms with E-state index in [1.807, 2.05) is 6.92 Å². The number of rotatable bonds is 5. The van der Waals surface area contributed by atoms with E-state index < -0.39 is 4.92 Å². The number of nitro benzene ring substituents is 1. The molecule has 1 aromatic rings. The summed E-state index contributed by atoms with van der Waals surface area (Å²) in [6, 6.07) is 4.48. The maximum atomic E-state index is 12.6. The Hall–Kier alpha value is -1.99. The molecule has 1 unspecified atom stereocenters. The van der Waals surface area contributed by atoms with E-state index in [1.165, 1.54) is 18.2 Å². The van der Waals surface area contributed by atoms with Gasteiger partial charge in [-0.05, 0) is 25.0 Å². The van der Waals surface area contributed by atoms with Gasteiger partial charge in [-0.3, -0.25) is 19.8 Å². The second-order valence-electron chi connectivity index (χ2n) is 5.83. The highest BCUT2D eigenvalue weighted by molar-refractivity contribution is 5.96. The third-order valence-electron chi connectivity index (χ3n) is 4.45. The van der Waals surface area contributed by atoms with Crippen molar-refractivity contribution in [1.82, 2.24) is 9.80 Å². The zero-order chi connectivity index (χ0) is 17.0. The lowest BCUT2D eigenvalue weighted by atomic mass is 10.1. The number of nitrogens with zero attached hydrogens (tertiary/aromatic N) is 3. The SMILES string of the molecule is CCC(CO)N1CCN(C(=O)c2ccc([N+](=O)[O-])cc2C)CC1. The molecule has 0 aromatic heterocycles. The highest BCUT2D eigenvalue weighted by Crippen LogP contribution is 2.19. The van der Waals surface area contributed by atoms with Crippen LogP contribution in [0.1, 0.15) is 29.3 Å². The quantitative estimate of drug-likeness (QED) is 0.655. The maximum absolute atomic E-state index is 12.6. The van der Waals surface area contributed by atoms with Crippen LogP contribution < -0.4 is 0 Å². The lowest BCUT2D eigenvalue weighted by molar-refractivity contribution is -0.384. The molecule has 23 heavy (non-hydrogen) atoms. The summed E-state index contributed by atoms with van der Waals surface area (Å²) in [6.45, 7) is 6.56. The van der Waals surface area contributed by atoms with E-state index >= 15 is 0 Å². The van der Waals surface area contributed by atoms with Gasteiger partial charge in [-0.1, -0.05) is 6.92 Å². The van der Waals surface area contributed by atoms with Crippen molar-refractivity contribution in [2.45, 2.75) is 26.3 Å². The highest BCUT2D eigenvalue weighted by Gasteiger charge is 2.26. The highest BCUT2D eigenvalue weighted by atomic mass is 16.6. The van der Waals surface area contributed by atoms with Crippen LogP contribution in [0.5, 0.6) is 0 Å². The molecule has 0 bridgehead atoms. The van der Waals surface area contributed by atoms with Crippen LogP contribution in [-0.4, -0.2) is 64.6 Å². The maximum Gasteiger partial charge on any atom is 0.269 e. The van der Waals surface area contributed by atoms with E-state index in [0.717, 1.165) is 19.5 Å². The van der Waals surface area contributed by atoms with Crippen LogP contribution in [0.3, 0.4) is 0 Å². The molecule has 1 atom stereocenters. The number of nitro groups is 1. The first kappa shape index (κ1) is 17.4. The Morgan fingerprint density at radius 2 is 2.00 bits per heavy atom. The molecule has 1 aromatic carbocycles. The number of piperazine rings is 1. The molecule has 1 heterocycles. The molecule has 2 rings (SSSR count). The van der Waals surface area contributed by atoms with Gasteiger partial charge in [0.15, 0.2) is 0 Å². The molecule has 1 saturated heterocycles. The third-order valence-corrected chi connectivity index (χ3v) is 4.45. The molecule has 1 aliphatic rings. The molecule has 1 N–H and O–H groups in total. The Morgan fingerprint density at radius 3 is 2.48 bits per heavy atom. The normalized spacial score (nSPS) is 17.1. The number of carbonyl (C=O) groups excluding carboxylic acids is 1. The molecule has 7 heteroatoms. The van der Waals surface area contributed by atoms with Gasteiger partial charge in [-0.15, -0.1) is 0 Å². The largest absolute Gasteiger partial charge is 0.395 e. The van der Waals surface area contributed by atoms with Crippen LogP contribution in [0.2, 0.25) is 0 Å². The average molecular weight is 321 g/mol. The van der Waals surface area contributed by atoms with E-state index in [0.29, 0.717) is 24.2 Å². The molecule has 1 fully saturated rings. The summed E-state index contributed by atoms with van der Waals surface area (Å²) < 4.78 is 0. The van der Waals surface area contributed by atoms with Crippen molar-refractivity contribution in [1.29, 1.82) is 0 Å². The second-order valence-corrected chi connectivity index (χ2v) is 5.83. The predicted molar refractivity (Wildman–Crippen MR) is 86.5 cm³/mol. The Labute approximate surface area is 135 Å². The first-order valence-corrected chi connectivity index (χ1v) is 7.87. The van der Waals surface area contributed by atoms with Gasteiger partial charge >= 0.3 is 0 Å². The van der Waals surface area contributed by atoms with Crippen molar-refractivity contribution in [3.05, 3.63) is 39.4 Å². The molecule has 1 amide bonds. The molecular formula is C16H23N3O4. The number of benzene rings is 1. The zero-order valence-corrected chi connectivity index (χ0v) is 13.6. The Balaban J connectivity index is 2.04. The van der Waals surface area contributed by atoms with Crippen LogP contribution in [-0.2, 0) is 0 Å². The van der Waals surface area contributed by atoms with Gasteiger partial charge in [0.05, 0.1) is 11.5 Å². The van der Waals surface area contributed by atoms with Crippen LogP contribution in [0.15, 0.2) is 18.2 Å². The molecule has 7 nitrogen and oxygen atoms in total. The molecule has 0 aliphatic carbocycles. The van der Waals surface area contributed by atoms with Gasteiger partial charge in [0.1, 0.15) is 0 Å². The fraction of sp³-hybridized carbons (Fsp3) is 0.562. The number of aliphatic hydroxyl groups excluding tert-OH is 1. The summed E-state index contributed by atoms with van der Waals surface area (Å²) in [5.74, 6) is -0.0888. The number of amides is 1. The number of hydrogen-bond donors (Lipinski definition) is 1. The minimum atomic E-state index is -0.459. The van der Waals surface area contributed by atoms with Gasteiger partial charge in [0.25, 0.3) is 11.6 Å². The van der Waals surface area contributed by atoms with Crippen LogP contribution in [0, 0.1) is 17.0 Å². The fourth-order valence-electron chi connectivity index (χ4n) is 2.96. The lowest BCUT2D eigenvalue weighted by Crippen LogP contribution is -2.52. The Kier molecular flexibility index (Phi) is 5.68. The topological polar surface area (TPSA) is 86.9 Å². The van der Waals surface area contributed by atoms with Crippen molar-refractivity contribution < 1.29 is 14.8 Å². The van der Waals surface area contributed by atoms with Crippen LogP contribution >= 0.6 is 0 Å². The van der Waals surface area contributed by atoms with Crippen molar-refractivity contribution in [2.24, 2.45) is 0 Å². The smallest absolute Gasteiger partial charge is 0.269 e. The molecule has 0 radical (unpaired) electrons. The van der Waals surface area contributed by atoms with E-state index in [-0.39, 0.29) is 24.2 Å². The van der Waals surface area contributed by atoms with Crippen molar-refractivity contribution in [2.75, 3.05) is 32.8 Å². The summed E-state index contributed by atoms with van der Waals surface area (Å²) in [7, 11) is 0. The number of hydrogen-bond acceptors (Lipinski definition) is 5. The van der Waals surface area contributed by atoms with Gasteiger partial charge in [-0.2, -0.15) is 0 Å². The van der Waals surface area contributed by atoms with Gasteiger partial charge < -0.3 is 10.0 Å². The summed E-state index contributed by atoms with van der Waals surface area (Å²) in [4.78, 5) is 26.9. The monoisotopic (exact) mass is 321 g/mol. The van der Waals surface area contributed by atoms with Crippen LogP contribution in [0.25, 0.3) is 0 Å². The minimum Gasteiger partial charge on any atom is -0.395 e. The Bertz CT molecular complexity index is 579. The molecule has 0 spiro atoms. The van der Waals surface area contributed by atoms with Gasteiger partial charge in [0, 0.05) is 49.9 Å². The third kappa shape index (κ3) is 3.86. The molecule has 126 valence electrons. The number of non-ortho nitro benzene ring substituents is 1. The summed E-state index contributed by atoms with van der Waals surface area (Å²) in [5, 5.41) is 20.1. The molecular weight excluding hydrogens is 298 g/mol. The Morgan fingerprint density at radius 1 is 1.35 bits per heavy atom. The van der Waals surface area contributed by atoms with E-state index in [2.05, 4.69) is 4.90 Å². The van der Waals surface area contributed by atoms with E-state index in [9.17, 15) is 20.0 Å². The first-order valence-electron chi connectivity index (χ1n) is 7.87. The standard InChI is InChI=1S/C16H23N3O4/c1-3-13(11-20)17-6-8-18(9-7-17)16(21)15-5-4-14(19(22)23)10-12(15)2/h4-5,10,13,20H,3,6-9,11H2,1-2H3. The first-order chi connectivity index (χ1) is 11.0. The lowest BCUT2D eigenvalue weighted by Gasteiger charge is -2.38. The summed E-state index contributed by atoms with van der Waals surface area (Å²) >= 11 is 0. The zero-order valence-electron chi connectivity index (χ0n) is 13.6. The summed E-state index contributed by atoms with van der Waals surface area (Å²) in [6.07, 6.45) is 0.881. The van der Waals surface area contributed by atoms with E-state index in [1.54, 1.807) is 11.8 Å². The number of aryl methyl sites for hydroxylation is 1. The van der Waals surface area contributed by atoms with E-state index in [4.69, 9.17) is 0 Å². The fourth-order valence-corrected chi connectivity index (χ4v) is 2.96. The molecule has 0 saturated carbocycles. The van der Waals surface area contributed by atoms with Gasteiger partial charge in [-0.25, -0.2) is 0 Å². The number of aliphatic hydroxyl groups is 1. The minimum absolute atomic E-state index is 0.00222. The van der Waals surface area contributed by atoms with Crippen molar-refractivity contribution in [3.8, 4) is 0 Å². The predicted octanol–water partition coefficient (Wildman–Crippen LogP) is 1.43. The summed E-state index contributed by atoms with van der Waals surface area (Å²) in [5.41, 5.74) is 1.13. The van der Waals surface area contributed by atoms with Gasteiger partial charge in [0.2, 0.25) is 0 Å². The van der Waals surface area contributed by atoms with Crippen molar-refractivity contribution >= 4 is 11.6 Å². The van der Waals surface area contributed by atoms with Crippen molar-refractivity contribution in [3.63, 3.8) is 0 Å². The number of carbonyl (C=O) groups is 1. The van der Waals surface area contributed by atoms with Crippen LogP contribution in [0.4, 0.5) is 5.69 Å².